The van der Waals surface area contributed by atoms with E-state index in [1.807, 2.05) is 6.08 Å². The molecule has 2 heterocycles. The molecule has 38 heavy (non-hydrogen) atoms. The van der Waals surface area contributed by atoms with Crippen molar-refractivity contribution in [3.8, 4) is 0 Å². The van der Waals surface area contributed by atoms with E-state index in [9.17, 15) is 0 Å². The number of para-hydroxylation sites is 2. The van der Waals surface area contributed by atoms with E-state index in [1.54, 1.807) is 0 Å². The van der Waals surface area contributed by atoms with Crippen LogP contribution in [-0.4, -0.2) is 0 Å². The van der Waals surface area contributed by atoms with Gasteiger partial charge >= 0.3 is 0 Å². The summed E-state index contributed by atoms with van der Waals surface area (Å²) in [5.74, 6) is 0.245. The van der Waals surface area contributed by atoms with Crippen LogP contribution in [0.25, 0.3) is 6.08 Å². The standard InChI is InChI=1S/C36H36N2/c1-5-13-27-20-21-28-15-12-18-32(36(28)38(35(27)8-4)31-16-10-9-11-17-31)29-23-24-34-30(25-29)22-19-26(7-3)33(37-34)14-6-2/h5,7-24,29,37H,4,6,25H2,1-3H3/b13-5-,26-7-,33-14+/t29-/m1/s1. The first-order chi connectivity index (χ1) is 18.7. The lowest BCUT2D eigenvalue weighted by molar-refractivity contribution is 0.799. The zero-order valence-corrected chi connectivity index (χ0v) is 22.6. The van der Waals surface area contributed by atoms with Crippen LogP contribution in [0.15, 0.2) is 150 Å². The highest BCUT2D eigenvalue weighted by atomic mass is 15.2. The van der Waals surface area contributed by atoms with Gasteiger partial charge in [-0.15, -0.1) is 0 Å². The number of benzene rings is 2. The molecule has 2 heteroatoms. The van der Waals surface area contributed by atoms with Crippen LogP contribution in [0.1, 0.15) is 50.7 Å². The Labute approximate surface area is 227 Å². The molecule has 3 aliphatic rings. The van der Waals surface area contributed by atoms with E-state index >= 15 is 0 Å². The fraction of sp³-hybridized carbons (Fsp3) is 0.167. The van der Waals surface area contributed by atoms with Gasteiger partial charge in [0.2, 0.25) is 0 Å². The molecule has 5 rings (SSSR count). The van der Waals surface area contributed by atoms with E-state index in [4.69, 9.17) is 0 Å². The number of hydrogen-bond acceptors (Lipinski definition) is 2. The van der Waals surface area contributed by atoms with Crippen LogP contribution in [0.4, 0.5) is 11.4 Å². The fourth-order valence-corrected chi connectivity index (χ4v) is 5.51. The van der Waals surface area contributed by atoms with Gasteiger partial charge in [0.1, 0.15) is 0 Å². The topological polar surface area (TPSA) is 15.3 Å². The SMILES string of the molecule is C=CC1=C(/C=C\C)C=Cc2cccc([C@@H]3C=CC4=C(C=CC(=C/C)/C(=C\CC)N4)C3)c2N1c1ccccc1. The first-order valence-corrected chi connectivity index (χ1v) is 13.6. The molecule has 2 nitrogen and oxygen atoms in total. The molecule has 0 saturated heterocycles. The van der Waals surface area contributed by atoms with Crippen molar-refractivity contribution in [3.63, 3.8) is 0 Å². The number of anilines is 2. The number of allylic oxidation sites excluding steroid dienone is 12. The van der Waals surface area contributed by atoms with Crippen LogP contribution >= 0.6 is 0 Å². The number of nitrogens with zero attached hydrogens (tertiary/aromatic N) is 1. The molecule has 1 aliphatic carbocycles. The molecule has 1 N–H and O–H groups in total. The Bertz CT molecular complexity index is 1470. The molecule has 0 amide bonds. The molecule has 0 spiro atoms. The lowest BCUT2D eigenvalue weighted by Gasteiger charge is -2.32. The van der Waals surface area contributed by atoms with Crippen LogP contribution in [0.5, 0.6) is 0 Å². The van der Waals surface area contributed by atoms with Gasteiger partial charge in [0, 0.05) is 23.0 Å². The minimum atomic E-state index is 0.245. The average molecular weight is 497 g/mol. The smallest absolute Gasteiger partial charge is 0.0572 e. The molecule has 0 unspecified atom stereocenters. The summed E-state index contributed by atoms with van der Waals surface area (Å²) in [5.41, 5.74) is 12.0. The Hall–Kier alpha value is -4.30. The van der Waals surface area contributed by atoms with Gasteiger partial charge in [-0.25, -0.2) is 0 Å². The van der Waals surface area contributed by atoms with Crippen molar-refractivity contribution in [3.05, 3.63) is 161 Å². The summed E-state index contributed by atoms with van der Waals surface area (Å²) >= 11 is 0. The third kappa shape index (κ3) is 4.82. The van der Waals surface area contributed by atoms with Crippen LogP contribution < -0.4 is 10.2 Å². The summed E-state index contributed by atoms with van der Waals surface area (Å²) in [5, 5.41) is 3.71. The molecule has 0 radical (unpaired) electrons. The second-order valence-electron chi connectivity index (χ2n) is 9.67. The predicted molar refractivity (Wildman–Crippen MR) is 164 cm³/mol. The molecule has 0 saturated carbocycles. The summed E-state index contributed by atoms with van der Waals surface area (Å²) in [6, 6.07) is 17.3. The molecule has 1 atom stereocenters. The Morgan fingerprint density at radius 3 is 2.55 bits per heavy atom. The highest BCUT2D eigenvalue weighted by Crippen LogP contribution is 2.45. The minimum Gasteiger partial charge on any atom is -0.355 e. The normalized spacial score (nSPS) is 21.0. The van der Waals surface area contributed by atoms with E-state index < -0.39 is 0 Å². The zero-order chi connectivity index (χ0) is 26.5. The van der Waals surface area contributed by atoms with Gasteiger partial charge in [0.15, 0.2) is 0 Å². The van der Waals surface area contributed by atoms with Crippen molar-refractivity contribution in [1.29, 1.82) is 0 Å². The maximum Gasteiger partial charge on any atom is 0.0572 e. The lowest BCUT2D eigenvalue weighted by atomic mass is 9.84. The second kappa shape index (κ2) is 11.4. The van der Waals surface area contributed by atoms with Crippen molar-refractivity contribution in [2.45, 2.75) is 39.5 Å². The third-order valence-electron chi connectivity index (χ3n) is 7.30. The van der Waals surface area contributed by atoms with Gasteiger partial charge in [-0.1, -0.05) is 105 Å². The van der Waals surface area contributed by atoms with E-state index in [-0.39, 0.29) is 5.92 Å². The summed E-state index contributed by atoms with van der Waals surface area (Å²) < 4.78 is 0. The number of rotatable bonds is 5. The summed E-state index contributed by atoms with van der Waals surface area (Å²) in [6.45, 7) is 10.6. The number of fused-ring (bicyclic) bond motifs is 1. The first-order valence-electron chi connectivity index (χ1n) is 13.6. The quantitative estimate of drug-likeness (QED) is 0.443. The van der Waals surface area contributed by atoms with Gasteiger partial charge in [0.25, 0.3) is 0 Å². The number of nitrogens with one attached hydrogen (secondary N) is 1. The molecular formula is C36H36N2. The summed E-state index contributed by atoms with van der Waals surface area (Å²) in [4.78, 5) is 2.38. The van der Waals surface area contributed by atoms with Gasteiger partial charge < -0.3 is 10.2 Å². The van der Waals surface area contributed by atoms with E-state index in [2.05, 4.69) is 147 Å². The molecular weight excluding hydrogens is 460 g/mol. The van der Waals surface area contributed by atoms with Crippen molar-refractivity contribution in [2.24, 2.45) is 0 Å². The van der Waals surface area contributed by atoms with Gasteiger partial charge in [0.05, 0.1) is 11.4 Å². The monoisotopic (exact) mass is 496 g/mol. The van der Waals surface area contributed by atoms with Crippen LogP contribution in [-0.2, 0) is 0 Å². The largest absolute Gasteiger partial charge is 0.355 e. The lowest BCUT2D eigenvalue weighted by Crippen LogP contribution is -2.20. The van der Waals surface area contributed by atoms with Crippen LogP contribution in [0.3, 0.4) is 0 Å². The summed E-state index contributed by atoms with van der Waals surface area (Å²) in [6.07, 6.45) is 26.2. The van der Waals surface area contributed by atoms with Gasteiger partial charge in [-0.3, -0.25) is 0 Å². The first kappa shape index (κ1) is 25.4. The van der Waals surface area contributed by atoms with Crippen molar-refractivity contribution < 1.29 is 0 Å². The Morgan fingerprint density at radius 1 is 0.974 bits per heavy atom. The molecule has 0 aromatic heterocycles. The average Bonchev–Trinajstić information content (AvgIpc) is 3.23. The maximum absolute atomic E-state index is 4.23. The van der Waals surface area contributed by atoms with Crippen LogP contribution in [0, 0.1) is 0 Å². The minimum absolute atomic E-state index is 0.245. The Kier molecular flexibility index (Phi) is 7.60. The van der Waals surface area contributed by atoms with Gasteiger partial charge in [-0.05, 0) is 78.8 Å². The van der Waals surface area contributed by atoms with E-state index in [0.29, 0.717) is 0 Å². The molecule has 0 fully saturated rings. The van der Waals surface area contributed by atoms with E-state index in [1.165, 1.54) is 39.4 Å². The predicted octanol–water partition coefficient (Wildman–Crippen LogP) is 9.56. The zero-order valence-electron chi connectivity index (χ0n) is 22.6. The molecule has 2 aromatic carbocycles. The van der Waals surface area contributed by atoms with Gasteiger partial charge in [-0.2, -0.15) is 0 Å². The van der Waals surface area contributed by atoms with Crippen LogP contribution in [0.2, 0.25) is 0 Å². The molecule has 2 aliphatic heterocycles. The highest BCUT2D eigenvalue weighted by Gasteiger charge is 2.27. The fourth-order valence-electron chi connectivity index (χ4n) is 5.51. The number of hydrogen-bond donors (Lipinski definition) is 1. The molecule has 2 aromatic rings. The summed E-state index contributed by atoms with van der Waals surface area (Å²) in [7, 11) is 0. The second-order valence-corrected chi connectivity index (χ2v) is 9.67. The molecule has 0 bridgehead atoms. The molecule has 190 valence electrons. The van der Waals surface area contributed by atoms with E-state index in [0.717, 1.165) is 29.8 Å². The third-order valence-corrected chi connectivity index (χ3v) is 7.30. The highest BCUT2D eigenvalue weighted by molar-refractivity contribution is 5.85. The Balaban J connectivity index is 1.63. The Morgan fingerprint density at radius 2 is 1.82 bits per heavy atom. The maximum atomic E-state index is 4.23. The van der Waals surface area contributed by atoms with Crippen molar-refractivity contribution in [2.75, 3.05) is 4.90 Å². The van der Waals surface area contributed by atoms with Crippen molar-refractivity contribution >= 4 is 17.5 Å². The van der Waals surface area contributed by atoms with Crippen molar-refractivity contribution in [1.82, 2.24) is 5.32 Å².